The number of pyridine rings is 1. The van der Waals surface area contributed by atoms with Gasteiger partial charge in [0.25, 0.3) is 0 Å². The molecule has 0 radical (unpaired) electrons. The second-order valence-corrected chi connectivity index (χ2v) is 8.78. The Morgan fingerprint density at radius 3 is 2.88 bits per heavy atom. The zero-order chi connectivity index (χ0) is 22.5. The van der Waals surface area contributed by atoms with Crippen molar-refractivity contribution in [3.63, 3.8) is 0 Å². The van der Waals surface area contributed by atoms with Crippen molar-refractivity contribution in [2.75, 3.05) is 25.5 Å². The smallest absolute Gasteiger partial charge is 0.126 e. The Bertz CT molecular complexity index is 1050. The average Bonchev–Trinajstić information content (AvgIpc) is 2.83. The van der Waals surface area contributed by atoms with Crippen molar-refractivity contribution in [3.8, 4) is 16.9 Å². The van der Waals surface area contributed by atoms with E-state index in [2.05, 4.69) is 52.2 Å². The molecule has 3 aromatic rings. The van der Waals surface area contributed by atoms with Crippen molar-refractivity contribution < 1.29 is 4.74 Å². The molecule has 1 aliphatic heterocycles. The van der Waals surface area contributed by atoms with Crippen molar-refractivity contribution in [2.45, 2.75) is 52.1 Å². The van der Waals surface area contributed by atoms with Gasteiger partial charge in [0, 0.05) is 43.0 Å². The van der Waals surface area contributed by atoms with Crippen molar-refractivity contribution in [3.05, 3.63) is 65.9 Å². The van der Waals surface area contributed by atoms with E-state index in [1.165, 1.54) is 19.4 Å². The Balaban J connectivity index is 1.57. The molecule has 1 saturated heterocycles. The highest BCUT2D eigenvalue weighted by molar-refractivity contribution is 5.68. The fourth-order valence-electron chi connectivity index (χ4n) is 4.39. The molecule has 4 rings (SSSR count). The highest BCUT2D eigenvalue weighted by Gasteiger charge is 2.26. The maximum absolute atomic E-state index is 5.33. The molecule has 1 aromatic carbocycles. The molecule has 1 fully saturated rings. The van der Waals surface area contributed by atoms with Crippen LogP contribution < -0.4 is 10.1 Å². The van der Waals surface area contributed by atoms with Crippen LogP contribution in [-0.4, -0.2) is 46.1 Å². The second kappa shape index (κ2) is 10.1. The number of nitrogens with one attached hydrogen (secondary N) is 1. The van der Waals surface area contributed by atoms with Crippen molar-refractivity contribution in [1.29, 1.82) is 0 Å². The van der Waals surface area contributed by atoms with Crippen LogP contribution in [-0.2, 0) is 6.54 Å². The van der Waals surface area contributed by atoms with Gasteiger partial charge in [-0.05, 0) is 75.5 Å². The van der Waals surface area contributed by atoms with Crippen LogP contribution in [0, 0.1) is 6.92 Å². The van der Waals surface area contributed by atoms with Gasteiger partial charge >= 0.3 is 0 Å². The van der Waals surface area contributed by atoms with E-state index in [1.54, 1.807) is 7.11 Å². The third kappa shape index (κ3) is 5.25. The number of benzene rings is 1. The molecule has 0 aliphatic carbocycles. The van der Waals surface area contributed by atoms with E-state index in [0.29, 0.717) is 18.5 Å². The summed E-state index contributed by atoms with van der Waals surface area (Å²) in [7, 11) is 1.69. The first-order chi connectivity index (χ1) is 15.5. The molecule has 2 aromatic heterocycles. The summed E-state index contributed by atoms with van der Waals surface area (Å²) in [5.74, 6) is 2.94. The average molecular weight is 432 g/mol. The Kier molecular flexibility index (Phi) is 7.00. The maximum atomic E-state index is 5.33. The molecule has 168 valence electrons. The zero-order valence-electron chi connectivity index (χ0n) is 19.5. The number of hydrogen-bond acceptors (Lipinski definition) is 6. The number of methoxy groups -OCH3 is 1. The summed E-state index contributed by atoms with van der Waals surface area (Å²) in [6, 6.07) is 12.8. The van der Waals surface area contributed by atoms with Crippen molar-refractivity contribution in [1.82, 2.24) is 19.9 Å². The first-order valence-electron chi connectivity index (χ1n) is 11.4. The molecule has 6 nitrogen and oxygen atoms in total. The van der Waals surface area contributed by atoms with Gasteiger partial charge in [0.2, 0.25) is 0 Å². The number of hydrogen-bond donors (Lipinski definition) is 1. The fraction of sp³-hybridized carbons (Fsp3) is 0.423. The van der Waals surface area contributed by atoms with Crippen molar-refractivity contribution in [2.24, 2.45) is 0 Å². The molecule has 6 heteroatoms. The number of nitrogens with zero attached hydrogens (tertiary/aromatic N) is 4. The molecule has 0 bridgehead atoms. The van der Waals surface area contributed by atoms with Gasteiger partial charge in [-0.2, -0.15) is 0 Å². The predicted molar refractivity (Wildman–Crippen MR) is 129 cm³/mol. The normalized spacial score (nSPS) is 16.8. The van der Waals surface area contributed by atoms with Crippen LogP contribution in [0.1, 0.15) is 49.7 Å². The Labute approximate surface area is 191 Å². The van der Waals surface area contributed by atoms with E-state index in [0.717, 1.165) is 46.3 Å². The highest BCUT2D eigenvalue weighted by Crippen LogP contribution is 2.34. The summed E-state index contributed by atoms with van der Waals surface area (Å²) in [6.45, 7) is 9.42. The predicted octanol–water partition coefficient (Wildman–Crippen LogP) is 5.06. The summed E-state index contributed by atoms with van der Waals surface area (Å²) < 4.78 is 5.33. The molecule has 1 atom stereocenters. The van der Waals surface area contributed by atoms with Gasteiger partial charge in [-0.25, -0.2) is 15.0 Å². The lowest BCUT2D eigenvalue weighted by atomic mass is 9.89. The lowest BCUT2D eigenvalue weighted by Crippen LogP contribution is -2.39. The Hall–Kier alpha value is -2.99. The molecule has 0 saturated carbocycles. The monoisotopic (exact) mass is 431 g/mol. The summed E-state index contributed by atoms with van der Waals surface area (Å²) in [5.41, 5.74) is 4.52. The number of rotatable bonds is 7. The quantitative estimate of drug-likeness (QED) is 0.564. The lowest BCUT2D eigenvalue weighted by molar-refractivity contribution is 0.166. The van der Waals surface area contributed by atoms with E-state index in [1.807, 2.05) is 37.5 Å². The topological polar surface area (TPSA) is 63.2 Å². The molecular formula is C26H33N5O. The van der Waals surface area contributed by atoms with E-state index in [4.69, 9.17) is 9.72 Å². The summed E-state index contributed by atoms with van der Waals surface area (Å²) >= 11 is 0. The van der Waals surface area contributed by atoms with Crippen molar-refractivity contribution >= 4 is 5.82 Å². The largest absolute Gasteiger partial charge is 0.497 e. The van der Waals surface area contributed by atoms with Crippen LogP contribution in [0.5, 0.6) is 5.75 Å². The molecule has 1 aliphatic rings. The highest BCUT2D eigenvalue weighted by atomic mass is 16.5. The second-order valence-electron chi connectivity index (χ2n) is 8.78. The molecule has 1 N–H and O–H groups in total. The van der Waals surface area contributed by atoms with Gasteiger partial charge in [-0.15, -0.1) is 0 Å². The minimum atomic E-state index is 0.421. The van der Waals surface area contributed by atoms with Gasteiger partial charge in [0.05, 0.1) is 12.8 Å². The fourth-order valence-corrected chi connectivity index (χ4v) is 4.39. The third-order valence-electron chi connectivity index (χ3n) is 6.19. The number of aromatic nitrogens is 3. The molecule has 32 heavy (non-hydrogen) atoms. The molecular weight excluding hydrogens is 398 g/mol. The van der Waals surface area contributed by atoms with E-state index >= 15 is 0 Å². The van der Waals surface area contributed by atoms with Gasteiger partial charge in [-0.1, -0.05) is 12.1 Å². The van der Waals surface area contributed by atoms with E-state index in [-0.39, 0.29) is 0 Å². The summed E-state index contributed by atoms with van der Waals surface area (Å²) in [5, 5.41) is 3.44. The van der Waals surface area contributed by atoms with Gasteiger partial charge < -0.3 is 15.0 Å². The molecule has 0 amide bonds. The van der Waals surface area contributed by atoms with Gasteiger partial charge in [-0.3, -0.25) is 0 Å². The number of aryl methyl sites for hydroxylation is 1. The van der Waals surface area contributed by atoms with Gasteiger partial charge in [0.1, 0.15) is 17.4 Å². The summed E-state index contributed by atoms with van der Waals surface area (Å²) in [6.07, 6.45) is 6.20. The number of piperidine rings is 1. The lowest BCUT2D eigenvalue weighted by Gasteiger charge is -2.35. The maximum Gasteiger partial charge on any atom is 0.126 e. The molecule has 0 unspecified atom stereocenters. The molecule has 3 heterocycles. The summed E-state index contributed by atoms with van der Waals surface area (Å²) in [4.78, 5) is 16.5. The Morgan fingerprint density at radius 2 is 2.06 bits per heavy atom. The minimum absolute atomic E-state index is 0.421. The number of ether oxygens (including phenoxy) is 1. The third-order valence-corrected chi connectivity index (χ3v) is 6.19. The number of anilines is 1. The van der Waals surface area contributed by atoms with Crippen LogP contribution in [0.2, 0.25) is 0 Å². The Morgan fingerprint density at radius 1 is 1.19 bits per heavy atom. The first-order valence-corrected chi connectivity index (χ1v) is 11.4. The zero-order valence-corrected chi connectivity index (χ0v) is 19.5. The standard InChI is InChI=1S/C26H33N5O/c1-18(2)31-12-6-8-22(17-31)26-24(16-28-19(3)30-26)21-10-11-27-25(14-21)29-15-20-7-5-9-23(13-20)32-4/h5,7,9-11,13-14,16,18,22H,6,8,12,15,17H2,1-4H3,(H,27,29)/t22-/m1/s1. The SMILES string of the molecule is COc1cccc(CNc2cc(-c3cnc(C)nc3[C@@H]3CCCN(C(C)C)C3)ccn2)c1. The van der Waals surface area contributed by atoms with Gasteiger partial charge in [0.15, 0.2) is 0 Å². The van der Waals surface area contributed by atoms with Crippen LogP contribution >= 0.6 is 0 Å². The minimum Gasteiger partial charge on any atom is -0.497 e. The van der Waals surface area contributed by atoms with E-state index < -0.39 is 0 Å². The first kappa shape index (κ1) is 22.2. The van der Waals surface area contributed by atoms with Crippen LogP contribution in [0.25, 0.3) is 11.1 Å². The van der Waals surface area contributed by atoms with Crippen LogP contribution in [0.3, 0.4) is 0 Å². The number of likely N-dealkylation sites (tertiary alicyclic amines) is 1. The van der Waals surface area contributed by atoms with E-state index in [9.17, 15) is 0 Å². The molecule has 0 spiro atoms. The van der Waals surface area contributed by atoms with Crippen LogP contribution in [0.4, 0.5) is 5.82 Å². The van der Waals surface area contributed by atoms with Crippen LogP contribution in [0.15, 0.2) is 48.8 Å².